The number of nitrogens with one attached hydrogen (secondary N) is 3. The molecule has 4 aliphatic rings. The van der Waals surface area contributed by atoms with Gasteiger partial charge < -0.3 is 20.1 Å². The van der Waals surface area contributed by atoms with Crippen molar-refractivity contribution in [3.63, 3.8) is 0 Å². The fraction of sp³-hybridized carbons (Fsp3) is 0.474. The minimum Gasteiger partial charge on any atom is -0.441 e. The molecule has 0 spiro atoms. The summed E-state index contributed by atoms with van der Waals surface area (Å²) in [6, 6.07) is 1.65. The second-order valence-corrected chi connectivity index (χ2v) is 9.28. The quantitative estimate of drug-likeness (QED) is 0.501. The first-order valence-electron chi connectivity index (χ1n) is 10.0. The van der Waals surface area contributed by atoms with Gasteiger partial charge in [-0.3, -0.25) is 5.10 Å². The van der Waals surface area contributed by atoms with Gasteiger partial charge >= 0.3 is 6.09 Å². The molecule has 3 aromatic heterocycles. The summed E-state index contributed by atoms with van der Waals surface area (Å²) >= 11 is 3.45. The molecule has 10 nitrogen and oxygen atoms in total. The number of amides is 1. The highest BCUT2D eigenvalue weighted by Gasteiger charge is 2.58. The molecule has 4 fully saturated rings. The highest BCUT2D eigenvalue weighted by molar-refractivity contribution is 9.10. The van der Waals surface area contributed by atoms with E-state index in [1.165, 1.54) is 0 Å². The average Bonchev–Trinajstić information content (AvgIpc) is 3.39. The average molecular weight is 492 g/mol. The third kappa shape index (κ3) is 3.16. The number of alkyl halides is 1. The fourth-order valence-corrected chi connectivity index (χ4v) is 5.08. The fourth-order valence-electron chi connectivity index (χ4n) is 4.62. The van der Waals surface area contributed by atoms with Crippen LogP contribution in [0.3, 0.4) is 0 Å². The van der Waals surface area contributed by atoms with E-state index in [9.17, 15) is 9.18 Å². The van der Waals surface area contributed by atoms with E-state index in [1.807, 2.05) is 0 Å². The summed E-state index contributed by atoms with van der Waals surface area (Å²) in [5.41, 5.74) is 1.08. The van der Waals surface area contributed by atoms with Gasteiger partial charge in [-0.2, -0.15) is 10.2 Å². The molecule has 4 heterocycles. The minimum atomic E-state index is -1.50. The topological polar surface area (TPSA) is 118 Å². The number of hydrogen-bond donors (Lipinski definition) is 3. The van der Waals surface area contributed by atoms with Crippen LogP contribution in [0.4, 0.5) is 20.8 Å². The molecule has 162 valence electrons. The number of H-pyrrole nitrogens is 1. The number of carbonyl (C=O) groups is 1. The van der Waals surface area contributed by atoms with Gasteiger partial charge in [0.15, 0.2) is 23.9 Å². The first kappa shape index (κ1) is 19.0. The van der Waals surface area contributed by atoms with Crippen LogP contribution in [0.15, 0.2) is 29.1 Å². The molecule has 3 atom stereocenters. The van der Waals surface area contributed by atoms with Crippen LogP contribution in [0.1, 0.15) is 31.1 Å². The lowest BCUT2D eigenvalue weighted by molar-refractivity contribution is -0.0528. The number of aromatic nitrogens is 5. The van der Waals surface area contributed by atoms with Crippen LogP contribution in [-0.4, -0.2) is 55.3 Å². The van der Waals surface area contributed by atoms with E-state index in [1.54, 1.807) is 29.2 Å². The van der Waals surface area contributed by atoms with Crippen LogP contribution >= 0.6 is 15.9 Å². The predicted octanol–water partition coefficient (Wildman–Crippen LogP) is 3.02. The number of halogens is 2. The zero-order valence-corrected chi connectivity index (χ0v) is 17.8. The monoisotopic (exact) mass is 491 g/mol. The lowest BCUT2D eigenvalue weighted by Crippen LogP contribution is -2.68. The Kier molecular flexibility index (Phi) is 4.22. The Morgan fingerprint density at radius 2 is 2.26 bits per heavy atom. The van der Waals surface area contributed by atoms with Gasteiger partial charge in [0.25, 0.3) is 0 Å². The van der Waals surface area contributed by atoms with E-state index < -0.39 is 24.5 Å². The van der Waals surface area contributed by atoms with Crippen molar-refractivity contribution in [3.8, 4) is 0 Å². The van der Waals surface area contributed by atoms with Crippen molar-refractivity contribution in [1.82, 2.24) is 30.1 Å². The summed E-state index contributed by atoms with van der Waals surface area (Å²) in [6.07, 6.45) is 4.04. The highest BCUT2D eigenvalue weighted by atomic mass is 79.9. The van der Waals surface area contributed by atoms with E-state index in [2.05, 4.69) is 46.8 Å². The lowest BCUT2D eigenvalue weighted by atomic mass is 9.50. The Hall–Kier alpha value is -2.73. The molecule has 0 radical (unpaired) electrons. The van der Waals surface area contributed by atoms with Gasteiger partial charge in [0.2, 0.25) is 0 Å². The van der Waals surface area contributed by atoms with Crippen molar-refractivity contribution in [1.29, 1.82) is 0 Å². The number of carbonyl (C=O) groups excluding carboxylic acids is 1. The maximum absolute atomic E-state index is 15.0. The Morgan fingerprint density at radius 3 is 3.03 bits per heavy atom. The van der Waals surface area contributed by atoms with Crippen LogP contribution in [0, 0.1) is 5.92 Å². The molecule has 3 aromatic rings. The first-order valence-corrected chi connectivity index (χ1v) is 10.8. The molecule has 31 heavy (non-hydrogen) atoms. The molecule has 2 bridgehead atoms. The van der Waals surface area contributed by atoms with Crippen molar-refractivity contribution >= 4 is 39.2 Å². The summed E-state index contributed by atoms with van der Waals surface area (Å²) in [5.74, 6) is 1.72. The minimum absolute atomic E-state index is 0.0136. The van der Waals surface area contributed by atoms with Crippen LogP contribution < -0.4 is 10.6 Å². The van der Waals surface area contributed by atoms with Gasteiger partial charge in [0.05, 0.1) is 23.0 Å². The van der Waals surface area contributed by atoms with Gasteiger partial charge in [-0.15, -0.1) is 0 Å². The lowest BCUT2D eigenvalue weighted by Gasteiger charge is -2.61. The number of nitrogens with zero attached hydrogens (tertiary/aromatic N) is 4. The Morgan fingerprint density at radius 1 is 1.42 bits per heavy atom. The molecular formula is C19H19BrFN7O3. The molecule has 12 heteroatoms. The first-order chi connectivity index (χ1) is 15.0. The number of ether oxygens (including phenoxy) is 2. The van der Waals surface area contributed by atoms with Crippen molar-refractivity contribution in [2.24, 2.45) is 5.92 Å². The standard InChI is InChI=1S/C19H19BrFN7O3/c20-10-7-23-28-2-1-22-17(15(10)28)24-13-3-11(26-27-13)16-14(21)12(8-30-16)31-18(29)25-19-4-9(5-19)6-19/h1-3,7,9,12,14,16H,4-6,8H2,(H,25,29)(H2,22,24,26,27)/t9?,12-,14-,16-,19?/m0/s1. The molecule has 1 aliphatic heterocycles. The van der Waals surface area contributed by atoms with E-state index in [0.29, 0.717) is 17.3 Å². The van der Waals surface area contributed by atoms with Crippen LogP contribution in [0.2, 0.25) is 0 Å². The molecule has 0 aromatic carbocycles. The maximum Gasteiger partial charge on any atom is 0.408 e. The van der Waals surface area contributed by atoms with E-state index >= 15 is 0 Å². The van der Waals surface area contributed by atoms with Gasteiger partial charge in [-0.1, -0.05) is 0 Å². The second kappa shape index (κ2) is 6.89. The maximum atomic E-state index is 15.0. The summed E-state index contributed by atoms with van der Waals surface area (Å²) in [4.78, 5) is 16.5. The summed E-state index contributed by atoms with van der Waals surface area (Å²) < 4.78 is 28.3. The third-order valence-electron chi connectivity index (χ3n) is 6.29. The Bertz CT molecular complexity index is 1150. The zero-order chi connectivity index (χ0) is 21.2. The largest absolute Gasteiger partial charge is 0.441 e. The highest BCUT2D eigenvalue weighted by Crippen LogP contribution is 2.57. The van der Waals surface area contributed by atoms with E-state index in [4.69, 9.17) is 9.47 Å². The van der Waals surface area contributed by atoms with Gasteiger partial charge in [-0.25, -0.2) is 18.7 Å². The molecule has 3 aliphatic carbocycles. The smallest absolute Gasteiger partial charge is 0.408 e. The van der Waals surface area contributed by atoms with Crippen LogP contribution in [0.5, 0.6) is 0 Å². The molecule has 3 N–H and O–H groups in total. The normalized spacial score (nSPS) is 31.2. The third-order valence-corrected chi connectivity index (χ3v) is 6.87. The predicted molar refractivity (Wildman–Crippen MR) is 110 cm³/mol. The molecule has 3 saturated carbocycles. The van der Waals surface area contributed by atoms with E-state index in [-0.39, 0.29) is 12.1 Å². The summed E-state index contributed by atoms with van der Waals surface area (Å²) in [5, 5.41) is 17.2. The van der Waals surface area contributed by atoms with Gasteiger partial charge in [0.1, 0.15) is 11.6 Å². The van der Waals surface area contributed by atoms with Crippen LogP contribution in [-0.2, 0) is 9.47 Å². The Balaban J connectivity index is 1.12. The van der Waals surface area contributed by atoms with Gasteiger partial charge in [-0.05, 0) is 41.1 Å². The number of hydrogen-bond acceptors (Lipinski definition) is 7. The molecule has 1 amide bonds. The summed E-state index contributed by atoms with van der Waals surface area (Å²) in [6.45, 7) is -0.0136. The zero-order valence-electron chi connectivity index (χ0n) is 16.2. The SMILES string of the molecule is O=C(NC12CC(C1)C2)O[C@H]1CO[C@@H](c2cc(Nc3nccn4ncc(Br)c34)n[nH]2)[C@H]1F. The molecule has 1 saturated heterocycles. The number of fused-ring (bicyclic) bond motifs is 1. The van der Waals surface area contributed by atoms with E-state index in [0.717, 1.165) is 35.2 Å². The number of anilines is 2. The number of rotatable bonds is 5. The van der Waals surface area contributed by atoms with Crippen molar-refractivity contribution in [2.75, 3.05) is 11.9 Å². The van der Waals surface area contributed by atoms with Crippen molar-refractivity contribution in [3.05, 3.63) is 34.8 Å². The van der Waals surface area contributed by atoms with Crippen LogP contribution in [0.25, 0.3) is 5.52 Å². The number of aromatic amines is 1. The van der Waals surface area contributed by atoms with Crippen molar-refractivity contribution in [2.45, 2.75) is 43.2 Å². The Labute approximate surface area is 184 Å². The molecule has 7 rings (SSSR count). The van der Waals surface area contributed by atoms with Crippen molar-refractivity contribution < 1.29 is 18.7 Å². The second-order valence-electron chi connectivity index (χ2n) is 8.42. The summed E-state index contributed by atoms with van der Waals surface area (Å²) in [7, 11) is 0. The molecule has 0 unspecified atom stereocenters. The van der Waals surface area contributed by atoms with Gasteiger partial charge in [0, 0.05) is 24.0 Å². The number of alkyl carbamates (subject to hydrolysis) is 1. The molecular weight excluding hydrogens is 473 g/mol.